The second kappa shape index (κ2) is 3.89. The summed E-state index contributed by atoms with van der Waals surface area (Å²) < 4.78 is 5.24. The Labute approximate surface area is 93.0 Å². The number of ether oxygens (including phenoxy) is 1. The van der Waals surface area contributed by atoms with Gasteiger partial charge in [-0.25, -0.2) is 0 Å². The molecule has 0 fully saturated rings. The molecule has 0 unspecified atom stereocenters. The molecule has 84 valence electrons. The van der Waals surface area contributed by atoms with Crippen LogP contribution in [0.15, 0.2) is 23.0 Å². The summed E-state index contributed by atoms with van der Waals surface area (Å²) in [5, 5.41) is 0.822. The zero-order valence-corrected chi connectivity index (χ0v) is 9.33. The maximum absolute atomic E-state index is 11.6. The number of aromatic amines is 1. The summed E-state index contributed by atoms with van der Waals surface area (Å²) in [5.74, 6) is 0.312. The van der Waals surface area contributed by atoms with Crippen molar-refractivity contribution in [1.82, 2.24) is 4.98 Å². The van der Waals surface area contributed by atoms with Gasteiger partial charge in [-0.2, -0.15) is 0 Å². The molecular formula is C12H14N2O2. The highest BCUT2D eigenvalue weighted by molar-refractivity contribution is 5.92. The van der Waals surface area contributed by atoms with E-state index in [2.05, 4.69) is 4.98 Å². The summed E-state index contributed by atoms with van der Waals surface area (Å²) in [4.78, 5) is 14.3. The maximum atomic E-state index is 11.6. The lowest BCUT2D eigenvalue weighted by molar-refractivity contribution is 0.336. The molecule has 0 saturated heterocycles. The predicted molar refractivity (Wildman–Crippen MR) is 64.9 cm³/mol. The third kappa shape index (κ3) is 1.62. The molecule has 0 radical (unpaired) electrons. The van der Waals surface area contributed by atoms with Crippen molar-refractivity contribution in [1.29, 1.82) is 0 Å². The lowest BCUT2D eigenvalue weighted by Gasteiger charge is -2.07. The molecule has 1 heterocycles. The number of H-pyrrole nitrogens is 1. The number of aromatic nitrogens is 1. The third-order valence-electron chi connectivity index (χ3n) is 2.55. The fraction of sp³-hybridized carbons (Fsp3) is 0.250. The van der Waals surface area contributed by atoms with Crippen LogP contribution in [-0.2, 0) is 0 Å². The number of pyridine rings is 1. The van der Waals surface area contributed by atoms with Gasteiger partial charge in [0.15, 0.2) is 5.75 Å². The summed E-state index contributed by atoms with van der Waals surface area (Å²) in [6.45, 7) is 4.23. The van der Waals surface area contributed by atoms with Crippen molar-refractivity contribution < 1.29 is 4.74 Å². The van der Waals surface area contributed by atoms with Crippen LogP contribution in [0.5, 0.6) is 5.75 Å². The molecule has 2 rings (SSSR count). The number of hydrogen-bond donors (Lipinski definition) is 2. The summed E-state index contributed by atoms with van der Waals surface area (Å²) in [6, 6.07) is 5.42. The zero-order chi connectivity index (χ0) is 11.7. The summed E-state index contributed by atoms with van der Waals surface area (Å²) in [5.41, 5.74) is 8.13. The lowest BCUT2D eigenvalue weighted by atomic mass is 10.1. The van der Waals surface area contributed by atoms with E-state index in [1.807, 2.05) is 26.0 Å². The van der Waals surface area contributed by atoms with Gasteiger partial charge in [-0.3, -0.25) is 4.79 Å². The van der Waals surface area contributed by atoms with E-state index < -0.39 is 0 Å². The van der Waals surface area contributed by atoms with Gasteiger partial charge in [0.25, 0.3) is 5.56 Å². The van der Waals surface area contributed by atoms with Crippen LogP contribution in [0, 0.1) is 6.92 Å². The van der Waals surface area contributed by atoms with Crippen LogP contribution in [-0.4, -0.2) is 11.6 Å². The minimum Gasteiger partial charge on any atom is -0.488 e. The summed E-state index contributed by atoms with van der Waals surface area (Å²) in [6.07, 6.45) is 0. The number of hydrogen-bond acceptors (Lipinski definition) is 3. The zero-order valence-electron chi connectivity index (χ0n) is 9.33. The quantitative estimate of drug-likeness (QED) is 0.755. The van der Waals surface area contributed by atoms with Gasteiger partial charge in [0, 0.05) is 11.1 Å². The Morgan fingerprint density at radius 1 is 1.44 bits per heavy atom. The molecule has 0 aliphatic carbocycles. The Kier molecular flexibility index (Phi) is 2.56. The van der Waals surface area contributed by atoms with Crippen molar-refractivity contribution in [3.05, 3.63) is 34.1 Å². The first-order chi connectivity index (χ1) is 7.63. The summed E-state index contributed by atoms with van der Waals surface area (Å²) in [7, 11) is 0. The minimum atomic E-state index is -0.224. The number of aryl methyl sites for hydroxylation is 1. The Bertz CT molecular complexity index is 587. The molecule has 0 bridgehead atoms. The molecule has 0 aliphatic heterocycles. The van der Waals surface area contributed by atoms with E-state index in [1.165, 1.54) is 0 Å². The molecule has 0 atom stereocenters. The average Bonchev–Trinajstić information content (AvgIpc) is 2.26. The monoisotopic (exact) mass is 218 g/mol. The SMILES string of the molecule is CCOc1cc2c(N)c(C)ccc2[nH]c1=O. The van der Waals surface area contributed by atoms with E-state index in [4.69, 9.17) is 10.5 Å². The van der Waals surface area contributed by atoms with Crippen LogP contribution in [0.3, 0.4) is 0 Å². The van der Waals surface area contributed by atoms with Crippen molar-refractivity contribution >= 4 is 16.6 Å². The Balaban J connectivity index is 2.76. The van der Waals surface area contributed by atoms with Gasteiger partial charge in [-0.15, -0.1) is 0 Å². The largest absolute Gasteiger partial charge is 0.488 e. The van der Waals surface area contributed by atoms with Crippen LogP contribution >= 0.6 is 0 Å². The number of nitrogen functional groups attached to an aromatic ring is 1. The molecule has 2 aromatic rings. The fourth-order valence-electron chi connectivity index (χ4n) is 1.65. The first kappa shape index (κ1) is 10.5. The van der Waals surface area contributed by atoms with Crippen LogP contribution in [0.25, 0.3) is 10.9 Å². The number of rotatable bonds is 2. The Morgan fingerprint density at radius 2 is 2.19 bits per heavy atom. The van der Waals surface area contributed by atoms with Crippen molar-refractivity contribution in [2.75, 3.05) is 12.3 Å². The molecule has 1 aromatic heterocycles. The van der Waals surface area contributed by atoms with Crippen molar-refractivity contribution in [2.24, 2.45) is 0 Å². The molecular weight excluding hydrogens is 204 g/mol. The van der Waals surface area contributed by atoms with Gasteiger partial charge in [0.1, 0.15) is 0 Å². The minimum absolute atomic E-state index is 0.224. The van der Waals surface area contributed by atoms with Crippen LogP contribution < -0.4 is 16.0 Å². The molecule has 0 aliphatic rings. The van der Waals surface area contributed by atoms with Crippen molar-refractivity contribution in [3.63, 3.8) is 0 Å². The molecule has 1 aromatic carbocycles. The topological polar surface area (TPSA) is 68.1 Å². The van der Waals surface area contributed by atoms with Crippen LogP contribution in [0.2, 0.25) is 0 Å². The lowest BCUT2D eigenvalue weighted by Crippen LogP contribution is -2.11. The highest BCUT2D eigenvalue weighted by Gasteiger charge is 2.06. The first-order valence-corrected chi connectivity index (χ1v) is 5.18. The third-order valence-corrected chi connectivity index (χ3v) is 2.55. The van der Waals surface area contributed by atoms with E-state index in [9.17, 15) is 4.79 Å². The molecule has 0 amide bonds. The molecule has 16 heavy (non-hydrogen) atoms. The highest BCUT2D eigenvalue weighted by Crippen LogP contribution is 2.24. The smallest absolute Gasteiger partial charge is 0.290 e. The van der Waals surface area contributed by atoms with Crippen molar-refractivity contribution in [2.45, 2.75) is 13.8 Å². The van der Waals surface area contributed by atoms with Gasteiger partial charge in [0.05, 0.1) is 12.1 Å². The first-order valence-electron chi connectivity index (χ1n) is 5.18. The van der Waals surface area contributed by atoms with E-state index in [1.54, 1.807) is 6.07 Å². The van der Waals surface area contributed by atoms with Gasteiger partial charge in [0.2, 0.25) is 0 Å². The number of anilines is 1. The molecule has 4 nitrogen and oxygen atoms in total. The van der Waals surface area contributed by atoms with Gasteiger partial charge in [-0.1, -0.05) is 6.07 Å². The number of nitrogens with one attached hydrogen (secondary N) is 1. The molecule has 0 spiro atoms. The normalized spacial score (nSPS) is 10.6. The number of fused-ring (bicyclic) bond motifs is 1. The molecule has 3 N–H and O–H groups in total. The van der Waals surface area contributed by atoms with Gasteiger partial charge < -0.3 is 15.5 Å². The van der Waals surface area contributed by atoms with Crippen LogP contribution in [0.4, 0.5) is 5.69 Å². The average molecular weight is 218 g/mol. The van der Waals surface area contributed by atoms with Crippen LogP contribution in [0.1, 0.15) is 12.5 Å². The number of nitrogens with two attached hydrogens (primary N) is 1. The van der Waals surface area contributed by atoms with Crippen molar-refractivity contribution in [3.8, 4) is 5.75 Å². The second-order valence-corrected chi connectivity index (χ2v) is 3.65. The second-order valence-electron chi connectivity index (χ2n) is 3.65. The predicted octanol–water partition coefficient (Wildman–Crippen LogP) is 1.82. The Morgan fingerprint density at radius 3 is 2.88 bits per heavy atom. The van der Waals surface area contributed by atoms with E-state index >= 15 is 0 Å². The molecule has 4 heteroatoms. The van der Waals surface area contributed by atoms with E-state index in [0.29, 0.717) is 18.0 Å². The maximum Gasteiger partial charge on any atom is 0.290 e. The van der Waals surface area contributed by atoms with E-state index in [-0.39, 0.29) is 5.56 Å². The van der Waals surface area contributed by atoms with Gasteiger partial charge in [-0.05, 0) is 31.5 Å². The fourth-order valence-corrected chi connectivity index (χ4v) is 1.65. The van der Waals surface area contributed by atoms with Gasteiger partial charge >= 0.3 is 0 Å². The Hall–Kier alpha value is -1.97. The standard InChI is InChI=1S/C12H14N2O2/c1-3-16-10-6-8-9(14-12(10)15)5-4-7(2)11(8)13/h4-6H,3,13H2,1-2H3,(H,14,15). The van der Waals surface area contributed by atoms with E-state index in [0.717, 1.165) is 16.5 Å². The number of benzene rings is 1. The summed E-state index contributed by atoms with van der Waals surface area (Å²) >= 11 is 0. The highest BCUT2D eigenvalue weighted by atomic mass is 16.5. The molecule has 0 saturated carbocycles.